The Morgan fingerprint density at radius 2 is 2.04 bits per heavy atom. The summed E-state index contributed by atoms with van der Waals surface area (Å²) in [4.78, 5) is 38.6. The van der Waals surface area contributed by atoms with Gasteiger partial charge in [-0.05, 0) is 27.7 Å². The first kappa shape index (κ1) is 16.9. The Bertz CT molecular complexity index is 636. The van der Waals surface area contributed by atoms with Crippen LogP contribution < -0.4 is 5.32 Å². The summed E-state index contributed by atoms with van der Waals surface area (Å²) < 4.78 is 1.86. The van der Waals surface area contributed by atoms with E-state index >= 15 is 0 Å². The quantitative estimate of drug-likeness (QED) is 0.778. The van der Waals surface area contributed by atoms with Crippen LogP contribution in [0.15, 0.2) is 6.33 Å². The average molecular weight is 322 g/mol. The molecule has 2 heterocycles. The molecule has 0 atom stereocenters. The molecule has 0 aromatic carbocycles. The minimum Gasteiger partial charge on any atom is -0.337 e. The lowest BCUT2D eigenvalue weighted by atomic mass is 10.1. The number of likely N-dealkylation sites (N-methyl/N-ethyl adjacent to an activating group) is 1. The van der Waals surface area contributed by atoms with E-state index in [-0.39, 0.29) is 25.0 Å². The van der Waals surface area contributed by atoms with E-state index in [0.29, 0.717) is 5.82 Å². The van der Waals surface area contributed by atoms with E-state index in [4.69, 9.17) is 0 Å². The molecular weight excluding hydrogens is 300 g/mol. The molecule has 1 aromatic rings. The smallest absolute Gasteiger partial charge is 0.325 e. The minimum atomic E-state index is -0.978. The number of carbonyl (C=O) groups excluding carboxylic acids is 3. The maximum atomic E-state index is 12.3. The molecule has 0 spiro atoms. The second kappa shape index (κ2) is 5.98. The molecule has 126 valence electrons. The Labute approximate surface area is 134 Å². The first-order valence-corrected chi connectivity index (χ1v) is 7.40. The van der Waals surface area contributed by atoms with Gasteiger partial charge in [-0.2, -0.15) is 0 Å². The molecule has 9 heteroatoms. The number of aromatic nitrogens is 3. The summed E-state index contributed by atoms with van der Waals surface area (Å²) in [6, 6.07) is -0.373. The molecule has 23 heavy (non-hydrogen) atoms. The van der Waals surface area contributed by atoms with Gasteiger partial charge in [-0.1, -0.05) is 0 Å². The second-order valence-corrected chi connectivity index (χ2v) is 6.44. The zero-order valence-corrected chi connectivity index (χ0v) is 14.0. The van der Waals surface area contributed by atoms with E-state index in [1.807, 2.05) is 18.4 Å². The molecule has 1 aliphatic heterocycles. The normalized spacial score (nSPS) is 16.9. The van der Waals surface area contributed by atoms with Crippen molar-refractivity contribution in [1.82, 2.24) is 29.9 Å². The fraction of sp³-hybridized carbons (Fsp3) is 0.643. The third-order valence-corrected chi connectivity index (χ3v) is 3.75. The first-order chi connectivity index (χ1) is 10.6. The largest absolute Gasteiger partial charge is 0.337 e. The molecule has 1 aliphatic rings. The predicted octanol–water partition coefficient (Wildman–Crippen LogP) is 0.148. The highest BCUT2D eigenvalue weighted by atomic mass is 16.2. The third kappa shape index (κ3) is 3.33. The van der Waals surface area contributed by atoms with E-state index in [1.54, 1.807) is 27.2 Å². The Kier molecular flexibility index (Phi) is 4.39. The number of amides is 4. The van der Waals surface area contributed by atoms with Gasteiger partial charge in [-0.25, -0.2) is 4.79 Å². The van der Waals surface area contributed by atoms with Crippen molar-refractivity contribution in [3.05, 3.63) is 12.2 Å². The van der Waals surface area contributed by atoms with E-state index < -0.39 is 17.5 Å². The number of imide groups is 1. The maximum Gasteiger partial charge on any atom is 0.325 e. The Morgan fingerprint density at radius 1 is 1.39 bits per heavy atom. The number of nitrogens with zero attached hydrogens (tertiary/aromatic N) is 5. The zero-order valence-electron chi connectivity index (χ0n) is 14.0. The molecule has 0 unspecified atom stereocenters. The number of urea groups is 1. The molecule has 1 N–H and O–H groups in total. The van der Waals surface area contributed by atoms with Gasteiger partial charge in [0.05, 0.1) is 6.54 Å². The molecular formula is C14H22N6O3. The van der Waals surface area contributed by atoms with E-state index in [0.717, 1.165) is 4.90 Å². The van der Waals surface area contributed by atoms with Crippen molar-refractivity contribution in [3.63, 3.8) is 0 Å². The molecule has 1 saturated heterocycles. The van der Waals surface area contributed by atoms with Crippen LogP contribution in [0.3, 0.4) is 0 Å². The number of hydrogen-bond acceptors (Lipinski definition) is 5. The van der Waals surface area contributed by atoms with E-state index in [1.165, 1.54) is 4.90 Å². The predicted molar refractivity (Wildman–Crippen MR) is 81.2 cm³/mol. The molecule has 0 bridgehead atoms. The maximum absolute atomic E-state index is 12.3. The van der Waals surface area contributed by atoms with E-state index in [2.05, 4.69) is 15.5 Å². The summed E-state index contributed by atoms with van der Waals surface area (Å²) in [6.45, 7) is 7.15. The minimum absolute atomic E-state index is 0.176. The third-order valence-electron chi connectivity index (χ3n) is 3.75. The Balaban J connectivity index is 2.02. The lowest BCUT2D eigenvalue weighted by Crippen LogP contribution is -2.43. The molecule has 9 nitrogen and oxygen atoms in total. The Hall–Kier alpha value is -2.45. The van der Waals surface area contributed by atoms with Crippen molar-refractivity contribution in [3.8, 4) is 0 Å². The lowest BCUT2D eigenvalue weighted by Gasteiger charge is -2.21. The summed E-state index contributed by atoms with van der Waals surface area (Å²) in [6.07, 6.45) is 1.61. The highest BCUT2D eigenvalue weighted by molar-refractivity contribution is 6.08. The summed E-state index contributed by atoms with van der Waals surface area (Å²) in [5.41, 5.74) is -0.978. The van der Waals surface area contributed by atoms with Crippen molar-refractivity contribution in [1.29, 1.82) is 0 Å². The molecule has 0 saturated carbocycles. The topological polar surface area (TPSA) is 100 Å². The molecule has 1 aromatic heterocycles. The van der Waals surface area contributed by atoms with Gasteiger partial charge in [0.15, 0.2) is 5.82 Å². The summed E-state index contributed by atoms with van der Waals surface area (Å²) in [5, 5.41) is 10.4. The molecule has 1 fully saturated rings. The van der Waals surface area contributed by atoms with Crippen LogP contribution in [-0.2, 0) is 16.1 Å². The molecule has 0 radical (unpaired) electrons. The van der Waals surface area contributed by atoms with Gasteiger partial charge in [0.1, 0.15) is 18.4 Å². The van der Waals surface area contributed by atoms with Gasteiger partial charge in [-0.3, -0.25) is 14.5 Å². The van der Waals surface area contributed by atoms with Crippen molar-refractivity contribution in [2.24, 2.45) is 0 Å². The monoisotopic (exact) mass is 322 g/mol. The summed E-state index contributed by atoms with van der Waals surface area (Å²) in [7, 11) is 1.60. The van der Waals surface area contributed by atoms with Gasteiger partial charge >= 0.3 is 6.03 Å². The fourth-order valence-corrected chi connectivity index (χ4v) is 2.33. The van der Waals surface area contributed by atoms with Crippen LogP contribution in [0.4, 0.5) is 4.79 Å². The van der Waals surface area contributed by atoms with Crippen LogP contribution in [0, 0.1) is 0 Å². The van der Waals surface area contributed by atoms with Crippen LogP contribution >= 0.6 is 0 Å². The van der Waals surface area contributed by atoms with Crippen molar-refractivity contribution in [2.75, 3.05) is 13.6 Å². The zero-order chi connectivity index (χ0) is 17.4. The lowest BCUT2D eigenvalue weighted by molar-refractivity contribution is -0.138. The first-order valence-electron chi connectivity index (χ1n) is 7.40. The Morgan fingerprint density at radius 3 is 2.57 bits per heavy atom. The highest BCUT2D eigenvalue weighted by Crippen LogP contribution is 2.16. The summed E-state index contributed by atoms with van der Waals surface area (Å²) >= 11 is 0. The van der Waals surface area contributed by atoms with Gasteiger partial charge in [-0.15, -0.1) is 10.2 Å². The van der Waals surface area contributed by atoms with Gasteiger partial charge in [0.25, 0.3) is 5.91 Å². The molecule has 2 rings (SSSR count). The molecule has 0 aliphatic carbocycles. The second-order valence-electron chi connectivity index (χ2n) is 6.44. The average Bonchev–Trinajstić information content (AvgIpc) is 2.97. The van der Waals surface area contributed by atoms with Crippen molar-refractivity contribution >= 4 is 17.8 Å². The highest BCUT2D eigenvalue weighted by Gasteiger charge is 2.45. The standard InChI is InChI=1S/C14H22N6O3/c1-9(2)20-8-15-17-10(20)6-18(5)11(21)7-19-12(22)14(3,4)16-13(19)23/h8-9H,6-7H2,1-5H3,(H,16,23). The van der Waals surface area contributed by atoms with E-state index in [9.17, 15) is 14.4 Å². The van der Waals surface area contributed by atoms with Crippen molar-refractivity contribution in [2.45, 2.75) is 45.8 Å². The van der Waals surface area contributed by atoms with Crippen LogP contribution in [0.25, 0.3) is 0 Å². The van der Waals surface area contributed by atoms with Crippen LogP contribution in [-0.4, -0.2) is 61.5 Å². The number of carbonyl (C=O) groups is 3. The fourth-order valence-electron chi connectivity index (χ4n) is 2.33. The van der Waals surface area contributed by atoms with Crippen molar-refractivity contribution < 1.29 is 14.4 Å². The number of hydrogen-bond donors (Lipinski definition) is 1. The molecule has 4 amide bonds. The van der Waals surface area contributed by atoms with Crippen LogP contribution in [0.2, 0.25) is 0 Å². The van der Waals surface area contributed by atoms with Crippen LogP contribution in [0.5, 0.6) is 0 Å². The summed E-state index contributed by atoms with van der Waals surface area (Å²) in [5.74, 6) is -0.104. The van der Waals surface area contributed by atoms with Gasteiger partial charge in [0, 0.05) is 13.1 Å². The number of nitrogens with one attached hydrogen (secondary N) is 1. The van der Waals surface area contributed by atoms with Gasteiger partial charge < -0.3 is 14.8 Å². The van der Waals surface area contributed by atoms with Gasteiger partial charge in [0.2, 0.25) is 5.91 Å². The SMILES string of the molecule is CC(C)n1cnnc1CN(C)C(=O)CN1C(=O)NC(C)(C)C1=O. The number of rotatable bonds is 5. The van der Waals surface area contributed by atoms with Crippen LogP contribution in [0.1, 0.15) is 39.6 Å².